The molecule has 1 nitrogen and oxygen atoms in total. The molecule has 0 N–H and O–H groups in total. The van der Waals surface area contributed by atoms with Gasteiger partial charge in [0, 0.05) is 11.4 Å². The molecule has 3 aromatic carbocycles. The molecule has 0 spiro atoms. The highest BCUT2D eigenvalue weighted by Gasteiger charge is 2.43. The van der Waals surface area contributed by atoms with E-state index in [0.717, 1.165) is 28.1 Å². The van der Waals surface area contributed by atoms with E-state index in [-0.39, 0.29) is 0 Å². The van der Waals surface area contributed by atoms with Crippen LogP contribution in [0.4, 0.5) is 5.69 Å². The Kier molecular flexibility index (Phi) is 4.71. The van der Waals surface area contributed by atoms with Crippen molar-refractivity contribution in [3.63, 3.8) is 0 Å². The highest BCUT2D eigenvalue weighted by Crippen LogP contribution is 2.51. The van der Waals surface area contributed by atoms with Crippen LogP contribution in [0.1, 0.15) is 22.7 Å². The second kappa shape index (κ2) is 7.00. The molecule has 1 heterocycles. The largest absolute Gasteiger partial charge is 0.329 e. The van der Waals surface area contributed by atoms with E-state index < -0.39 is 9.83 Å². The van der Waals surface area contributed by atoms with Crippen LogP contribution in [-0.2, 0) is 0 Å². The number of benzene rings is 3. The van der Waals surface area contributed by atoms with Gasteiger partial charge in [-0.05, 0) is 34.9 Å². The summed E-state index contributed by atoms with van der Waals surface area (Å²) in [7, 11) is 0. The monoisotopic (exact) mass is 399 g/mol. The fraction of sp³-hybridized carbons (Fsp3) is 0.0909. The van der Waals surface area contributed by atoms with Crippen molar-refractivity contribution in [2.24, 2.45) is 0 Å². The predicted octanol–water partition coefficient (Wildman–Crippen LogP) is 7.12. The van der Waals surface area contributed by atoms with Crippen molar-refractivity contribution in [1.29, 1.82) is 0 Å². The Bertz CT molecular complexity index is 930. The van der Waals surface area contributed by atoms with Gasteiger partial charge in [0.1, 0.15) is 6.04 Å². The van der Waals surface area contributed by atoms with Crippen molar-refractivity contribution in [2.45, 2.75) is 9.83 Å². The van der Waals surface area contributed by atoms with Crippen molar-refractivity contribution >= 4 is 52.3 Å². The van der Waals surface area contributed by atoms with Crippen LogP contribution < -0.4 is 4.90 Å². The maximum atomic E-state index is 6.50. The lowest BCUT2D eigenvalue weighted by Crippen LogP contribution is -2.38. The van der Waals surface area contributed by atoms with E-state index in [4.69, 9.17) is 34.8 Å². The van der Waals surface area contributed by atoms with Gasteiger partial charge >= 0.3 is 0 Å². The first kappa shape index (κ1) is 17.5. The van der Waals surface area contributed by atoms with E-state index >= 15 is 0 Å². The number of anilines is 1. The summed E-state index contributed by atoms with van der Waals surface area (Å²) in [5, 5.41) is 0. The van der Waals surface area contributed by atoms with Gasteiger partial charge < -0.3 is 4.90 Å². The van der Waals surface area contributed by atoms with Crippen LogP contribution >= 0.6 is 34.8 Å². The van der Waals surface area contributed by atoms with Gasteiger partial charge in [0.25, 0.3) is 0 Å². The van der Waals surface area contributed by atoms with Crippen molar-refractivity contribution in [1.82, 2.24) is 0 Å². The van der Waals surface area contributed by atoms with E-state index in [2.05, 4.69) is 29.2 Å². The summed E-state index contributed by atoms with van der Waals surface area (Å²) < 4.78 is -1.50. The summed E-state index contributed by atoms with van der Waals surface area (Å²) in [6.45, 7) is 0. The summed E-state index contributed by atoms with van der Waals surface area (Å²) in [6.07, 6.45) is 2.16. The summed E-state index contributed by atoms with van der Waals surface area (Å²) in [6, 6.07) is 27.9. The van der Waals surface area contributed by atoms with E-state index in [1.54, 1.807) is 0 Å². The van der Waals surface area contributed by atoms with Crippen molar-refractivity contribution in [3.8, 4) is 0 Å². The van der Waals surface area contributed by atoms with E-state index in [9.17, 15) is 0 Å². The number of hydrogen-bond donors (Lipinski definition) is 0. The van der Waals surface area contributed by atoms with Gasteiger partial charge in [0.05, 0.1) is 0 Å². The average molecular weight is 401 g/mol. The zero-order valence-corrected chi connectivity index (χ0v) is 16.1. The standard InChI is InChI=1S/C22H16Cl3N/c23-22(24,25)21-19-14-8-7-11-17(19)15-20(16-9-3-1-4-10-16)26(21)18-12-5-2-6-13-18/h1-15,21H. The van der Waals surface area contributed by atoms with Crippen molar-refractivity contribution in [2.75, 3.05) is 4.90 Å². The van der Waals surface area contributed by atoms with Crippen LogP contribution in [0.2, 0.25) is 0 Å². The van der Waals surface area contributed by atoms with Crippen molar-refractivity contribution < 1.29 is 0 Å². The minimum Gasteiger partial charge on any atom is -0.329 e. The second-order valence-corrected chi connectivity index (χ2v) is 8.54. The fourth-order valence-corrected chi connectivity index (χ4v) is 4.06. The molecule has 0 amide bonds. The lowest BCUT2D eigenvalue weighted by Gasteiger charge is -2.42. The molecule has 0 saturated carbocycles. The molecule has 1 unspecified atom stereocenters. The van der Waals surface area contributed by atoms with Crippen LogP contribution in [-0.4, -0.2) is 3.79 Å². The maximum Gasteiger partial charge on any atom is 0.215 e. The molecule has 1 aliphatic heterocycles. The maximum absolute atomic E-state index is 6.50. The highest BCUT2D eigenvalue weighted by atomic mass is 35.6. The lowest BCUT2D eigenvalue weighted by atomic mass is 9.91. The van der Waals surface area contributed by atoms with Gasteiger partial charge in [-0.25, -0.2) is 0 Å². The van der Waals surface area contributed by atoms with Gasteiger partial charge in [-0.1, -0.05) is 108 Å². The van der Waals surface area contributed by atoms with Crippen LogP contribution in [0.15, 0.2) is 84.9 Å². The SMILES string of the molecule is ClC(Cl)(Cl)C1c2ccccc2C=C(c2ccccc2)N1c1ccccc1. The molecule has 0 radical (unpaired) electrons. The van der Waals surface area contributed by atoms with Crippen LogP contribution in [0.3, 0.4) is 0 Å². The third-order valence-electron chi connectivity index (χ3n) is 4.51. The smallest absolute Gasteiger partial charge is 0.215 e. The molecule has 3 aromatic rings. The Morgan fingerprint density at radius 3 is 1.92 bits per heavy atom. The zero-order chi connectivity index (χ0) is 18.1. The van der Waals surface area contributed by atoms with Crippen molar-refractivity contribution in [3.05, 3.63) is 102 Å². The Labute approximate surface area is 168 Å². The third kappa shape index (κ3) is 3.23. The molecule has 0 aliphatic carbocycles. The summed E-state index contributed by atoms with van der Waals surface area (Å²) in [5.74, 6) is 0. The number of para-hydroxylation sites is 1. The molecule has 0 fully saturated rings. The molecule has 4 rings (SSSR count). The van der Waals surface area contributed by atoms with E-state index in [1.165, 1.54) is 0 Å². The molecular weight excluding hydrogens is 385 g/mol. The molecule has 1 aliphatic rings. The zero-order valence-electron chi connectivity index (χ0n) is 13.8. The number of hydrogen-bond acceptors (Lipinski definition) is 1. The second-order valence-electron chi connectivity index (χ2n) is 6.17. The molecule has 130 valence electrons. The third-order valence-corrected chi connectivity index (χ3v) is 5.13. The first-order valence-electron chi connectivity index (χ1n) is 8.33. The number of rotatable bonds is 2. The minimum absolute atomic E-state index is 0.439. The van der Waals surface area contributed by atoms with Crippen LogP contribution in [0.25, 0.3) is 11.8 Å². The van der Waals surface area contributed by atoms with Gasteiger partial charge in [0.15, 0.2) is 0 Å². The minimum atomic E-state index is -1.50. The van der Waals surface area contributed by atoms with E-state index in [1.807, 2.05) is 66.7 Å². The Balaban J connectivity index is 2.00. The molecule has 26 heavy (non-hydrogen) atoms. The van der Waals surface area contributed by atoms with Gasteiger partial charge in [-0.3, -0.25) is 0 Å². The molecule has 1 atom stereocenters. The van der Waals surface area contributed by atoms with Crippen LogP contribution in [0, 0.1) is 0 Å². The first-order valence-corrected chi connectivity index (χ1v) is 9.46. The van der Waals surface area contributed by atoms with Gasteiger partial charge in [-0.15, -0.1) is 0 Å². The quantitative estimate of drug-likeness (QED) is 0.414. The number of halogens is 3. The van der Waals surface area contributed by atoms with Gasteiger partial charge in [0.2, 0.25) is 3.79 Å². The predicted molar refractivity (Wildman–Crippen MR) is 113 cm³/mol. The molecule has 0 saturated heterocycles. The highest BCUT2D eigenvalue weighted by molar-refractivity contribution is 6.68. The summed E-state index contributed by atoms with van der Waals surface area (Å²) in [5.41, 5.74) is 5.12. The average Bonchev–Trinajstić information content (AvgIpc) is 2.67. The fourth-order valence-electron chi connectivity index (χ4n) is 3.42. The topological polar surface area (TPSA) is 3.24 Å². The molecule has 4 heteroatoms. The van der Waals surface area contributed by atoms with Crippen LogP contribution in [0.5, 0.6) is 0 Å². The van der Waals surface area contributed by atoms with E-state index in [0.29, 0.717) is 0 Å². The number of fused-ring (bicyclic) bond motifs is 1. The molecule has 0 aromatic heterocycles. The lowest BCUT2D eigenvalue weighted by molar-refractivity contribution is 0.712. The summed E-state index contributed by atoms with van der Waals surface area (Å²) >= 11 is 19.5. The van der Waals surface area contributed by atoms with Gasteiger partial charge in [-0.2, -0.15) is 0 Å². The molecular formula is C22H16Cl3N. The Morgan fingerprint density at radius 2 is 1.27 bits per heavy atom. The first-order chi connectivity index (χ1) is 12.6. The Hall–Kier alpha value is -1.93. The number of alkyl halides is 3. The number of nitrogens with zero attached hydrogens (tertiary/aromatic N) is 1. The normalized spacial score (nSPS) is 16.8. The Morgan fingerprint density at radius 1 is 0.692 bits per heavy atom. The summed E-state index contributed by atoms with van der Waals surface area (Å²) in [4.78, 5) is 2.12. The molecule has 0 bridgehead atoms.